The van der Waals surface area contributed by atoms with Gasteiger partial charge in [0.15, 0.2) is 0 Å². The van der Waals surface area contributed by atoms with Gasteiger partial charge in [-0.2, -0.15) is 0 Å². The van der Waals surface area contributed by atoms with Gasteiger partial charge in [-0.25, -0.2) is 4.79 Å². The normalized spacial score (nSPS) is 18.3. The van der Waals surface area contributed by atoms with Gasteiger partial charge < -0.3 is 15.2 Å². The van der Waals surface area contributed by atoms with E-state index in [2.05, 4.69) is 5.32 Å². The van der Waals surface area contributed by atoms with Crippen LogP contribution in [0.2, 0.25) is 0 Å². The van der Waals surface area contributed by atoms with E-state index in [0.717, 1.165) is 4.88 Å². The summed E-state index contributed by atoms with van der Waals surface area (Å²) in [6.07, 6.45) is 3.63. The van der Waals surface area contributed by atoms with Gasteiger partial charge in [0.1, 0.15) is 5.54 Å². The first-order chi connectivity index (χ1) is 9.12. The number of aliphatic carboxylic acids is 1. The van der Waals surface area contributed by atoms with Crippen LogP contribution in [0, 0.1) is 0 Å². The largest absolute Gasteiger partial charge is 0.480 e. The summed E-state index contributed by atoms with van der Waals surface area (Å²) in [6, 6.07) is 3.77. The van der Waals surface area contributed by atoms with Gasteiger partial charge in [0, 0.05) is 37.0 Å². The van der Waals surface area contributed by atoms with E-state index in [0.29, 0.717) is 26.1 Å². The maximum absolute atomic E-state index is 11.8. The first-order valence-electron chi connectivity index (χ1n) is 5.97. The molecular formula is C13H15NO4S. The Hall–Kier alpha value is -1.66. The molecule has 1 aromatic heterocycles. The molecule has 0 bridgehead atoms. The Morgan fingerprint density at radius 2 is 2.16 bits per heavy atom. The highest BCUT2D eigenvalue weighted by Gasteiger charge is 2.41. The number of rotatable bonds is 4. The van der Waals surface area contributed by atoms with Crippen molar-refractivity contribution in [2.45, 2.75) is 18.4 Å². The summed E-state index contributed by atoms with van der Waals surface area (Å²) in [6.45, 7) is 0.697. The zero-order chi connectivity index (χ0) is 13.7. The van der Waals surface area contributed by atoms with E-state index in [4.69, 9.17) is 4.74 Å². The second kappa shape index (κ2) is 5.99. The molecule has 0 aliphatic carbocycles. The maximum atomic E-state index is 11.8. The summed E-state index contributed by atoms with van der Waals surface area (Å²) in [5.41, 5.74) is -1.20. The summed E-state index contributed by atoms with van der Waals surface area (Å²) >= 11 is 1.51. The molecule has 0 aromatic carbocycles. The summed E-state index contributed by atoms with van der Waals surface area (Å²) < 4.78 is 5.14. The minimum Gasteiger partial charge on any atom is -0.480 e. The molecule has 0 saturated carbocycles. The molecule has 19 heavy (non-hydrogen) atoms. The van der Waals surface area contributed by atoms with E-state index in [1.54, 1.807) is 6.08 Å². The van der Waals surface area contributed by atoms with Gasteiger partial charge in [0.25, 0.3) is 0 Å². The van der Waals surface area contributed by atoms with E-state index in [1.165, 1.54) is 17.4 Å². The lowest BCUT2D eigenvalue weighted by atomic mass is 9.90. The van der Waals surface area contributed by atoms with Crippen LogP contribution in [0.5, 0.6) is 0 Å². The van der Waals surface area contributed by atoms with Crippen LogP contribution in [-0.4, -0.2) is 35.7 Å². The van der Waals surface area contributed by atoms with Crippen LogP contribution in [0.1, 0.15) is 17.7 Å². The monoisotopic (exact) mass is 281 g/mol. The molecule has 0 radical (unpaired) electrons. The third-order valence-corrected chi connectivity index (χ3v) is 3.90. The van der Waals surface area contributed by atoms with E-state index >= 15 is 0 Å². The van der Waals surface area contributed by atoms with Gasteiger partial charge >= 0.3 is 5.97 Å². The lowest BCUT2D eigenvalue weighted by molar-refractivity contribution is -0.151. The van der Waals surface area contributed by atoms with Gasteiger partial charge in [-0.1, -0.05) is 6.07 Å². The summed E-state index contributed by atoms with van der Waals surface area (Å²) in [4.78, 5) is 24.1. The van der Waals surface area contributed by atoms with Gasteiger partial charge in [-0.15, -0.1) is 11.3 Å². The Morgan fingerprint density at radius 1 is 1.42 bits per heavy atom. The molecule has 2 N–H and O–H groups in total. The number of hydrogen-bond donors (Lipinski definition) is 2. The number of carboxylic acids is 1. The van der Waals surface area contributed by atoms with E-state index in [1.807, 2.05) is 17.5 Å². The standard InChI is InChI=1S/C13H15NO4S/c15-11(4-3-10-2-1-9-19-10)14-13(12(16)17)5-7-18-8-6-13/h1-4,9H,5-8H2,(H,14,15)(H,16,17)/b4-3+. The molecule has 1 fully saturated rings. The molecule has 1 saturated heterocycles. The highest BCUT2D eigenvalue weighted by atomic mass is 32.1. The molecule has 102 valence electrons. The number of thiophene rings is 1. The maximum Gasteiger partial charge on any atom is 0.329 e. The van der Waals surface area contributed by atoms with Crippen LogP contribution in [0.15, 0.2) is 23.6 Å². The minimum absolute atomic E-state index is 0.293. The van der Waals surface area contributed by atoms with Crippen molar-refractivity contribution >= 4 is 29.3 Å². The quantitative estimate of drug-likeness (QED) is 0.820. The Bertz CT molecular complexity index is 475. The topological polar surface area (TPSA) is 75.6 Å². The molecule has 2 heterocycles. The smallest absolute Gasteiger partial charge is 0.329 e. The molecule has 0 unspecified atom stereocenters. The van der Waals surface area contributed by atoms with Crippen molar-refractivity contribution in [2.75, 3.05) is 13.2 Å². The minimum atomic E-state index is -1.20. The van der Waals surface area contributed by atoms with Gasteiger partial charge in [-0.3, -0.25) is 4.79 Å². The number of nitrogens with one attached hydrogen (secondary N) is 1. The number of carboxylic acid groups (broad SMARTS) is 1. The molecule has 1 aliphatic rings. The van der Waals surface area contributed by atoms with Crippen molar-refractivity contribution in [1.29, 1.82) is 0 Å². The predicted octanol–water partition coefficient (Wildman–Crippen LogP) is 1.51. The molecule has 5 nitrogen and oxygen atoms in total. The summed E-state index contributed by atoms with van der Waals surface area (Å²) in [7, 11) is 0. The van der Waals surface area contributed by atoms with Crippen LogP contribution in [0.25, 0.3) is 6.08 Å². The zero-order valence-electron chi connectivity index (χ0n) is 10.3. The number of ether oxygens (including phenoxy) is 1. The van der Waals surface area contributed by atoms with Crippen molar-refractivity contribution in [1.82, 2.24) is 5.32 Å². The lowest BCUT2D eigenvalue weighted by Crippen LogP contribution is -2.57. The van der Waals surface area contributed by atoms with Gasteiger partial charge in [0.2, 0.25) is 5.91 Å². The van der Waals surface area contributed by atoms with Crippen LogP contribution in [0.4, 0.5) is 0 Å². The van der Waals surface area contributed by atoms with Crippen LogP contribution >= 0.6 is 11.3 Å². The molecule has 2 rings (SSSR count). The summed E-state index contributed by atoms with van der Waals surface area (Å²) in [5, 5.41) is 13.8. The molecule has 1 aliphatic heterocycles. The fourth-order valence-corrected chi connectivity index (χ4v) is 2.55. The van der Waals surface area contributed by atoms with Gasteiger partial charge in [0.05, 0.1) is 0 Å². The number of amides is 1. The van der Waals surface area contributed by atoms with Crippen LogP contribution in [-0.2, 0) is 14.3 Å². The van der Waals surface area contributed by atoms with Crippen molar-refractivity contribution in [3.05, 3.63) is 28.5 Å². The Labute approximate surface area is 114 Å². The number of hydrogen-bond acceptors (Lipinski definition) is 4. The SMILES string of the molecule is O=C(/C=C/c1cccs1)NC1(C(=O)O)CCOCC1. The summed E-state index contributed by atoms with van der Waals surface area (Å²) in [5.74, 6) is -1.40. The first-order valence-corrected chi connectivity index (χ1v) is 6.85. The van der Waals surface area contributed by atoms with E-state index < -0.39 is 17.4 Å². The van der Waals surface area contributed by atoms with Crippen molar-refractivity contribution in [3.63, 3.8) is 0 Å². The molecule has 0 spiro atoms. The van der Waals surface area contributed by atoms with Gasteiger partial charge in [-0.05, 0) is 17.5 Å². The highest BCUT2D eigenvalue weighted by Crippen LogP contribution is 2.21. The lowest BCUT2D eigenvalue weighted by Gasteiger charge is -2.33. The fourth-order valence-electron chi connectivity index (χ4n) is 1.93. The van der Waals surface area contributed by atoms with Crippen molar-refractivity contribution in [3.8, 4) is 0 Å². The van der Waals surface area contributed by atoms with Crippen molar-refractivity contribution < 1.29 is 19.4 Å². The van der Waals surface area contributed by atoms with Crippen molar-refractivity contribution in [2.24, 2.45) is 0 Å². The highest BCUT2D eigenvalue weighted by molar-refractivity contribution is 7.10. The predicted molar refractivity (Wildman–Crippen MR) is 71.9 cm³/mol. The van der Waals surface area contributed by atoms with E-state index in [-0.39, 0.29) is 0 Å². The number of carbonyl (C=O) groups is 2. The second-order valence-electron chi connectivity index (χ2n) is 4.34. The Balaban J connectivity index is 2.01. The number of carbonyl (C=O) groups excluding carboxylic acids is 1. The molecule has 0 atom stereocenters. The average molecular weight is 281 g/mol. The molecule has 1 aromatic rings. The third kappa shape index (κ3) is 3.42. The fraction of sp³-hybridized carbons (Fsp3) is 0.385. The second-order valence-corrected chi connectivity index (χ2v) is 5.32. The molecular weight excluding hydrogens is 266 g/mol. The third-order valence-electron chi connectivity index (χ3n) is 3.06. The Kier molecular flexibility index (Phi) is 4.34. The van der Waals surface area contributed by atoms with Crippen LogP contribution in [0.3, 0.4) is 0 Å². The van der Waals surface area contributed by atoms with E-state index in [9.17, 15) is 14.7 Å². The molecule has 1 amide bonds. The zero-order valence-corrected chi connectivity index (χ0v) is 11.1. The first kappa shape index (κ1) is 13.8. The van der Waals surface area contributed by atoms with Crippen LogP contribution < -0.4 is 5.32 Å². The molecule has 6 heteroatoms. The Morgan fingerprint density at radius 3 is 2.74 bits per heavy atom. The average Bonchev–Trinajstić information content (AvgIpc) is 2.90.